The van der Waals surface area contributed by atoms with E-state index < -0.39 is 0 Å². The summed E-state index contributed by atoms with van der Waals surface area (Å²) in [7, 11) is 0. The van der Waals surface area contributed by atoms with Crippen LogP contribution in [0.4, 0.5) is 0 Å². The van der Waals surface area contributed by atoms with E-state index in [1.807, 2.05) is 27.3 Å². The van der Waals surface area contributed by atoms with E-state index in [9.17, 15) is 9.59 Å². The van der Waals surface area contributed by atoms with Gasteiger partial charge in [0, 0.05) is 32.1 Å². The molecule has 5 nitrogen and oxygen atoms in total. The lowest BCUT2D eigenvalue weighted by molar-refractivity contribution is -0.137. The van der Waals surface area contributed by atoms with Gasteiger partial charge in [0.15, 0.2) is 0 Å². The predicted molar refractivity (Wildman–Crippen MR) is 89.6 cm³/mol. The standard InChI is InChI=1S/C15H21N3O2S.ClH/c19-14(12-3-5-16-6-4-12)17-7-9-18(10-8-17)15(20)13-2-1-11-21-13;/h1-2,11-12,16H,3-10H2;1H. The molecule has 1 aromatic rings. The van der Waals surface area contributed by atoms with Gasteiger partial charge in [0.2, 0.25) is 5.91 Å². The van der Waals surface area contributed by atoms with Gasteiger partial charge in [0.1, 0.15) is 0 Å². The first kappa shape index (κ1) is 17.2. The van der Waals surface area contributed by atoms with E-state index in [1.54, 1.807) is 0 Å². The molecule has 0 atom stereocenters. The molecule has 0 unspecified atom stereocenters. The number of hydrogen-bond acceptors (Lipinski definition) is 4. The normalized spacial score (nSPS) is 19.6. The van der Waals surface area contributed by atoms with E-state index in [2.05, 4.69) is 5.32 Å². The number of amides is 2. The summed E-state index contributed by atoms with van der Waals surface area (Å²) < 4.78 is 0. The van der Waals surface area contributed by atoms with Crippen LogP contribution in [0.15, 0.2) is 17.5 Å². The third kappa shape index (κ3) is 3.80. The third-order valence-corrected chi connectivity index (χ3v) is 5.16. The van der Waals surface area contributed by atoms with Crippen LogP contribution in [0.2, 0.25) is 0 Å². The van der Waals surface area contributed by atoms with E-state index in [4.69, 9.17) is 0 Å². The summed E-state index contributed by atoms with van der Waals surface area (Å²) >= 11 is 1.48. The summed E-state index contributed by atoms with van der Waals surface area (Å²) in [5, 5.41) is 5.21. The number of halogens is 1. The fraction of sp³-hybridized carbons (Fsp3) is 0.600. The maximum Gasteiger partial charge on any atom is 0.264 e. The van der Waals surface area contributed by atoms with Gasteiger partial charge >= 0.3 is 0 Å². The lowest BCUT2D eigenvalue weighted by Gasteiger charge is -2.37. The maximum atomic E-state index is 12.5. The van der Waals surface area contributed by atoms with Crippen LogP contribution in [-0.2, 0) is 4.79 Å². The molecule has 2 aliphatic heterocycles. The Morgan fingerprint density at radius 2 is 1.73 bits per heavy atom. The highest BCUT2D eigenvalue weighted by molar-refractivity contribution is 7.12. The second-order valence-electron chi connectivity index (χ2n) is 5.62. The van der Waals surface area contributed by atoms with Crippen LogP contribution in [0.3, 0.4) is 0 Å². The number of hydrogen-bond donors (Lipinski definition) is 1. The Hall–Kier alpha value is -1.11. The number of carbonyl (C=O) groups is 2. The number of nitrogens with one attached hydrogen (secondary N) is 1. The Morgan fingerprint density at radius 3 is 2.32 bits per heavy atom. The van der Waals surface area contributed by atoms with Crippen LogP contribution in [-0.4, -0.2) is 60.9 Å². The molecule has 0 bridgehead atoms. The zero-order chi connectivity index (χ0) is 14.7. The van der Waals surface area contributed by atoms with Gasteiger partial charge in [-0.3, -0.25) is 9.59 Å². The second-order valence-corrected chi connectivity index (χ2v) is 6.57. The smallest absolute Gasteiger partial charge is 0.264 e. The summed E-state index contributed by atoms with van der Waals surface area (Å²) in [6.07, 6.45) is 1.88. The first-order valence-corrected chi connectivity index (χ1v) is 8.46. The van der Waals surface area contributed by atoms with Crippen molar-refractivity contribution in [2.24, 2.45) is 5.92 Å². The van der Waals surface area contributed by atoms with Crippen LogP contribution in [0, 0.1) is 5.92 Å². The summed E-state index contributed by atoms with van der Waals surface area (Å²) in [6.45, 7) is 4.50. The topological polar surface area (TPSA) is 52.7 Å². The Morgan fingerprint density at radius 1 is 1.09 bits per heavy atom. The van der Waals surface area contributed by atoms with Crippen LogP contribution in [0.1, 0.15) is 22.5 Å². The van der Waals surface area contributed by atoms with Gasteiger partial charge in [-0.2, -0.15) is 0 Å². The van der Waals surface area contributed by atoms with Crippen molar-refractivity contribution < 1.29 is 9.59 Å². The zero-order valence-electron chi connectivity index (χ0n) is 12.5. The van der Waals surface area contributed by atoms with Crippen molar-refractivity contribution >= 4 is 35.6 Å². The van der Waals surface area contributed by atoms with Gasteiger partial charge in [-0.15, -0.1) is 23.7 Å². The fourth-order valence-electron chi connectivity index (χ4n) is 3.01. The summed E-state index contributed by atoms with van der Waals surface area (Å²) in [4.78, 5) is 29.3. The molecule has 2 fully saturated rings. The number of nitrogens with zero attached hydrogens (tertiary/aromatic N) is 2. The molecule has 1 N–H and O–H groups in total. The van der Waals surface area contributed by atoms with E-state index in [0.29, 0.717) is 26.2 Å². The lowest BCUT2D eigenvalue weighted by Crippen LogP contribution is -2.52. The monoisotopic (exact) mass is 343 g/mol. The third-order valence-electron chi connectivity index (χ3n) is 4.30. The molecular weight excluding hydrogens is 322 g/mol. The van der Waals surface area contributed by atoms with Crippen molar-refractivity contribution in [1.82, 2.24) is 15.1 Å². The highest BCUT2D eigenvalue weighted by Crippen LogP contribution is 2.18. The Balaban J connectivity index is 0.00000176. The van der Waals surface area contributed by atoms with Gasteiger partial charge < -0.3 is 15.1 Å². The quantitative estimate of drug-likeness (QED) is 0.884. The molecule has 0 spiro atoms. The van der Waals surface area contributed by atoms with Crippen LogP contribution >= 0.6 is 23.7 Å². The van der Waals surface area contributed by atoms with Crippen molar-refractivity contribution in [2.75, 3.05) is 39.3 Å². The number of piperazine rings is 1. The first-order valence-electron chi connectivity index (χ1n) is 7.58. The number of thiophene rings is 1. The average molecular weight is 344 g/mol. The number of piperidine rings is 1. The van der Waals surface area contributed by atoms with E-state index in [-0.39, 0.29) is 30.1 Å². The van der Waals surface area contributed by atoms with Crippen molar-refractivity contribution in [2.45, 2.75) is 12.8 Å². The molecule has 7 heteroatoms. The van der Waals surface area contributed by atoms with E-state index in [0.717, 1.165) is 30.8 Å². The molecule has 1 aromatic heterocycles. The van der Waals surface area contributed by atoms with Gasteiger partial charge in [-0.25, -0.2) is 0 Å². The highest BCUT2D eigenvalue weighted by Gasteiger charge is 2.29. The minimum absolute atomic E-state index is 0. The number of rotatable bonds is 2. The molecule has 2 aliphatic rings. The Bertz CT molecular complexity index is 495. The van der Waals surface area contributed by atoms with Gasteiger partial charge in [-0.1, -0.05) is 6.07 Å². The van der Waals surface area contributed by atoms with Crippen molar-refractivity contribution in [1.29, 1.82) is 0 Å². The van der Waals surface area contributed by atoms with Crippen molar-refractivity contribution in [3.05, 3.63) is 22.4 Å². The van der Waals surface area contributed by atoms with Crippen molar-refractivity contribution in [3.8, 4) is 0 Å². The zero-order valence-corrected chi connectivity index (χ0v) is 14.1. The van der Waals surface area contributed by atoms with E-state index >= 15 is 0 Å². The van der Waals surface area contributed by atoms with Crippen molar-refractivity contribution in [3.63, 3.8) is 0 Å². The average Bonchev–Trinajstić information content (AvgIpc) is 3.09. The van der Waals surface area contributed by atoms with Crippen LogP contribution in [0.25, 0.3) is 0 Å². The summed E-state index contributed by atoms with van der Waals surface area (Å²) in [6, 6.07) is 3.76. The SMILES string of the molecule is Cl.O=C(c1cccs1)N1CCN(C(=O)C2CCNCC2)CC1. The van der Waals surface area contributed by atoms with Gasteiger partial charge in [0.05, 0.1) is 4.88 Å². The highest BCUT2D eigenvalue weighted by atomic mass is 35.5. The summed E-state index contributed by atoms with van der Waals surface area (Å²) in [5.41, 5.74) is 0. The molecular formula is C15H22ClN3O2S. The summed E-state index contributed by atoms with van der Waals surface area (Å²) in [5.74, 6) is 0.546. The van der Waals surface area contributed by atoms with E-state index in [1.165, 1.54) is 11.3 Å². The molecule has 0 radical (unpaired) electrons. The maximum absolute atomic E-state index is 12.5. The molecule has 0 saturated carbocycles. The molecule has 3 heterocycles. The molecule has 0 aliphatic carbocycles. The minimum atomic E-state index is 0. The Labute approximate surface area is 141 Å². The Kier molecular flexibility index (Phi) is 6.23. The second kappa shape index (κ2) is 7.94. The largest absolute Gasteiger partial charge is 0.339 e. The molecule has 2 saturated heterocycles. The predicted octanol–water partition coefficient (Wildman–Crippen LogP) is 1.45. The lowest BCUT2D eigenvalue weighted by atomic mass is 9.96. The number of carbonyl (C=O) groups excluding carboxylic acids is 2. The fourth-order valence-corrected chi connectivity index (χ4v) is 3.70. The molecule has 0 aromatic carbocycles. The molecule has 22 heavy (non-hydrogen) atoms. The molecule has 3 rings (SSSR count). The molecule has 122 valence electrons. The first-order chi connectivity index (χ1) is 10.3. The molecule has 2 amide bonds. The minimum Gasteiger partial charge on any atom is -0.339 e. The van der Waals surface area contributed by atoms with Crippen LogP contribution in [0.5, 0.6) is 0 Å². The van der Waals surface area contributed by atoms with Crippen LogP contribution < -0.4 is 5.32 Å². The van der Waals surface area contributed by atoms with Gasteiger partial charge in [0.25, 0.3) is 5.91 Å². The van der Waals surface area contributed by atoms with Gasteiger partial charge in [-0.05, 0) is 37.4 Å².